The molecule has 1 aromatic carbocycles. The highest BCUT2D eigenvalue weighted by Crippen LogP contribution is 2.24. The largest absolute Gasteiger partial charge is 0.478 e. The summed E-state index contributed by atoms with van der Waals surface area (Å²) in [6.45, 7) is 3.23. The van der Waals surface area contributed by atoms with Crippen molar-refractivity contribution in [1.29, 1.82) is 0 Å². The molecule has 0 saturated heterocycles. The molecule has 1 unspecified atom stereocenters. The number of nitrogens with zero attached hydrogens (tertiary/aromatic N) is 1. The molecular weight excluding hydrogens is 245 g/mol. The molecule has 0 amide bonds. The van der Waals surface area contributed by atoms with E-state index in [0.29, 0.717) is 6.07 Å². The van der Waals surface area contributed by atoms with E-state index in [4.69, 9.17) is 9.84 Å². The van der Waals surface area contributed by atoms with Gasteiger partial charge in [-0.1, -0.05) is 13.8 Å². The highest BCUT2D eigenvalue weighted by Gasteiger charge is 2.25. The summed E-state index contributed by atoms with van der Waals surface area (Å²) >= 11 is 0. The number of benzene rings is 1. The van der Waals surface area contributed by atoms with Gasteiger partial charge in [0.05, 0.1) is 11.0 Å². The van der Waals surface area contributed by atoms with Gasteiger partial charge in [-0.3, -0.25) is 10.1 Å². The molecule has 1 aromatic rings. The van der Waals surface area contributed by atoms with E-state index < -0.39 is 28.5 Å². The third kappa shape index (κ3) is 3.16. The van der Waals surface area contributed by atoms with Crippen LogP contribution in [0.5, 0.6) is 5.75 Å². The van der Waals surface area contributed by atoms with Crippen molar-refractivity contribution >= 4 is 11.7 Å². The van der Waals surface area contributed by atoms with Gasteiger partial charge in [-0.2, -0.15) is 0 Å². The molecule has 0 aliphatic carbocycles. The number of hydrogen-bond acceptors (Lipinski definition) is 4. The van der Waals surface area contributed by atoms with Crippen LogP contribution in [-0.2, 0) is 4.79 Å². The maximum absolute atomic E-state index is 13.5. The second-order valence-corrected chi connectivity index (χ2v) is 3.99. The molecule has 0 heterocycles. The summed E-state index contributed by atoms with van der Waals surface area (Å²) < 4.78 is 18.5. The lowest BCUT2D eigenvalue weighted by Crippen LogP contribution is -2.32. The van der Waals surface area contributed by atoms with E-state index in [1.165, 1.54) is 0 Å². The normalized spacial score (nSPS) is 12.2. The number of carboxylic acids is 1. The molecule has 1 N–H and O–H groups in total. The molecule has 1 atom stereocenters. The van der Waals surface area contributed by atoms with Crippen molar-refractivity contribution < 1.29 is 24.0 Å². The van der Waals surface area contributed by atoms with Crippen molar-refractivity contribution in [2.45, 2.75) is 20.0 Å². The third-order valence-corrected chi connectivity index (χ3v) is 2.23. The Labute approximate surface area is 102 Å². The number of rotatable bonds is 5. The van der Waals surface area contributed by atoms with Crippen LogP contribution in [0.2, 0.25) is 0 Å². The van der Waals surface area contributed by atoms with E-state index in [2.05, 4.69) is 0 Å². The summed E-state index contributed by atoms with van der Waals surface area (Å²) in [5.41, 5.74) is -0.420. The minimum absolute atomic E-state index is 0.318. The topological polar surface area (TPSA) is 89.7 Å². The number of halogens is 1. The first-order chi connectivity index (χ1) is 8.32. The number of carboxylic acid groups (broad SMARTS) is 1. The number of aliphatic carboxylic acids is 1. The van der Waals surface area contributed by atoms with Gasteiger partial charge in [0, 0.05) is 12.0 Å². The van der Waals surface area contributed by atoms with Crippen LogP contribution in [-0.4, -0.2) is 22.1 Å². The van der Waals surface area contributed by atoms with Crippen LogP contribution < -0.4 is 4.74 Å². The number of hydrogen-bond donors (Lipinski definition) is 1. The molecule has 6 nitrogen and oxygen atoms in total. The van der Waals surface area contributed by atoms with Gasteiger partial charge in [0.15, 0.2) is 17.7 Å². The Bertz CT molecular complexity index is 475. The Kier molecular flexibility index (Phi) is 4.19. The second kappa shape index (κ2) is 5.44. The molecular formula is C11H12FNO5. The fourth-order valence-corrected chi connectivity index (χ4v) is 1.31. The van der Waals surface area contributed by atoms with E-state index in [1.54, 1.807) is 13.8 Å². The minimum atomic E-state index is -1.22. The molecule has 0 spiro atoms. The molecule has 0 aliphatic rings. The lowest BCUT2D eigenvalue weighted by Gasteiger charge is -2.18. The predicted molar refractivity (Wildman–Crippen MR) is 59.9 cm³/mol. The molecule has 98 valence electrons. The molecule has 7 heteroatoms. The van der Waals surface area contributed by atoms with Crippen LogP contribution in [0, 0.1) is 21.8 Å². The monoisotopic (exact) mass is 257 g/mol. The zero-order chi connectivity index (χ0) is 13.9. The van der Waals surface area contributed by atoms with Gasteiger partial charge < -0.3 is 9.84 Å². The van der Waals surface area contributed by atoms with Crippen LogP contribution in [0.4, 0.5) is 10.1 Å². The molecule has 0 saturated carbocycles. The van der Waals surface area contributed by atoms with Crippen LogP contribution in [0.25, 0.3) is 0 Å². The number of nitro groups is 1. The average Bonchev–Trinajstić information content (AvgIpc) is 2.25. The maximum atomic E-state index is 13.5. The highest BCUT2D eigenvalue weighted by molar-refractivity contribution is 5.73. The molecule has 18 heavy (non-hydrogen) atoms. The highest BCUT2D eigenvalue weighted by atomic mass is 19.1. The Morgan fingerprint density at radius 1 is 1.50 bits per heavy atom. The lowest BCUT2D eigenvalue weighted by atomic mass is 10.1. The summed E-state index contributed by atoms with van der Waals surface area (Å²) in [5, 5.41) is 19.3. The van der Waals surface area contributed by atoms with E-state index in [1.807, 2.05) is 0 Å². The average molecular weight is 257 g/mol. The number of non-ortho nitro benzene ring substituents is 1. The maximum Gasteiger partial charge on any atom is 0.345 e. The van der Waals surface area contributed by atoms with Crippen molar-refractivity contribution in [3.63, 3.8) is 0 Å². The molecule has 0 aromatic heterocycles. The van der Waals surface area contributed by atoms with Crippen LogP contribution >= 0.6 is 0 Å². The first kappa shape index (κ1) is 13.9. The Morgan fingerprint density at radius 2 is 2.11 bits per heavy atom. The second-order valence-electron chi connectivity index (χ2n) is 3.99. The van der Waals surface area contributed by atoms with Crippen molar-refractivity contribution in [2.75, 3.05) is 0 Å². The Hall–Kier alpha value is -2.18. The van der Waals surface area contributed by atoms with Gasteiger partial charge in [-0.25, -0.2) is 9.18 Å². The van der Waals surface area contributed by atoms with Crippen LogP contribution in [0.3, 0.4) is 0 Å². The lowest BCUT2D eigenvalue weighted by molar-refractivity contribution is -0.385. The van der Waals surface area contributed by atoms with E-state index in [0.717, 1.165) is 12.1 Å². The Morgan fingerprint density at radius 3 is 2.50 bits per heavy atom. The van der Waals surface area contributed by atoms with E-state index in [9.17, 15) is 19.3 Å². The van der Waals surface area contributed by atoms with Gasteiger partial charge in [0.1, 0.15) is 0 Å². The van der Waals surface area contributed by atoms with Crippen molar-refractivity contribution in [1.82, 2.24) is 0 Å². The number of carbonyl (C=O) groups is 1. The van der Waals surface area contributed by atoms with Crippen molar-refractivity contribution in [3.8, 4) is 5.75 Å². The van der Waals surface area contributed by atoms with Crippen LogP contribution in [0.1, 0.15) is 13.8 Å². The summed E-state index contributed by atoms with van der Waals surface area (Å²) in [6.07, 6.45) is -1.21. The standard InChI is InChI=1S/C11H12FNO5/c1-6(2)10(11(14)15)18-9-4-3-7(13(16)17)5-8(9)12/h3-6,10H,1-2H3,(H,14,15). The Balaban J connectivity index is 2.97. The molecule has 0 aliphatic heterocycles. The molecule has 0 bridgehead atoms. The van der Waals surface area contributed by atoms with Crippen molar-refractivity contribution in [2.24, 2.45) is 5.92 Å². The summed E-state index contributed by atoms with van der Waals surface area (Å²) in [5.74, 6) is -2.86. The summed E-state index contributed by atoms with van der Waals surface area (Å²) in [4.78, 5) is 20.5. The fraction of sp³-hybridized carbons (Fsp3) is 0.364. The SMILES string of the molecule is CC(C)C(Oc1ccc([N+](=O)[O-])cc1F)C(=O)O. The van der Waals surface area contributed by atoms with Gasteiger partial charge in [-0.15, -0.1) is 0 Å². The van der Waals surface area contributed by atoms with Crippen molar-refractivity contribution in [3.05, 3.63) is 34.1 Å². The van der Waals surface area contributed by atoms with E-state index >= 15 is 0 Å². The fourth-order valence-electron chi connectivity index (χ4n) is 1.31. The predicted octanol–water partition coefficient (Wildman–Crippen LogP) is 2.22. The molecule has 0 radical (unpaired) electrons. The van der Waals surface area contributed by atoms with E-state index in [-0.39, 0.29) is 11.7 Å². The number of nitro benzene ring substituents is 1. The van der Waals surface area contributed by atoms with Gasteiger partial charge in [-0.05, 0) is 6.07 Å². The first-order valence-electron chi connectivity index (χ1n) is 5.16. The smallest absolute Gasteiger partial charge is 0.345 e. The van der Waals surface area contributed by atoms with Gasteiger partial charge in [0.2, 0.25) is 0 Å². The quantitative estimate of drug-likeness (QED) is 0.645. The molecule has 1 rings (SSSR count). The molecule has 0 fully saturated rings. The minimum Gasteiger partial charge on any atom is -0.478 e. The van der Waals surface area contributed by atoms with Gasteiger partial charge in [0.25, 0.3) is 5.69 Å². The zero-order valence-corrected chi connectivity index (χ0v) is 9.79. The first-order valence-corrected chi connectivity index (χ1v) is 5.16. The summed E-state index contributed by atoms with van der Waals surface area (Å²) in [6, 6.07) is 2.79. The number of ether oxygens (including phenoxy) is 1. The van der Waals surface area contributed by atoms with Crippen LogP contribution in [0.15, 0.2) is 18.2 Å². The third-order valence-electron chi connectivity index (χ3n) is 2.23. The zero-order valence-electron chi connectivity index (χ0n) is 9.79. The summed E-state index contributed by atoms with van der Waals surface area (Å²) in [7, 11) is 0. The van der Waals surface area contributed by atoms with Gasteiger partial charge >= 0.3 is 5.97 Å².